The molecule has 23 heavy (non-hydrogen) atoms. The van der Waals surface area contributed by atoms with Crippen LogP contribution in [-0.4, -0.2) is 12.6 Å². The molecule has 124 valence electrons. The summed E-state index contributed by atoms with van der Waals surface area (Å²) in [4.78, 5) is 4.18. The molecule has 0 fully saturated rings. The number of nitrogens with two attached hydrogens (primary N) is 1. The van der Waals surface area contributed by atoms with E-state index in [-0.39, 0.29) is 42.2 Å². The molecule has 0 aromatic heterocycles. The molecule has 0 radical (unpaired) electrons. The zero-order valence-corrected chi connectivity index (χ0v) is 14.8. The quantitative estimate of drug-likeness (QED) is 0.424. The molecular formula is C16H18F2IN3O. The minimum Gasteiger partial charge on any atom is -0.435 e. The second-order valence-electron chi connectivity index (χ2n) is 4.72. The van der Waals surface area contributed by atoms with E-state index in [0.29, 0.717) is 0 Å². The van der Waals surface area contributed by atoms with Gasteiger partial charge in [-0.3, -0.25) is 0 Å². The van der Waals surface area contributed by atoms with E-state index in [0.717, 1.165) is 16.8 Å². The van der Waals surface area contributed by atoms with Crippen LogP contribution in [-0.2, 0) is 6.54 Å². The summed E-state index contributed by atoms with van der Waals surface area (Å²) in [6.45, 7) is -0.593. The van der Waals surface area contributed by atoms with E-state index in [1.54, 1.807) is 12.1 Å². The monoisotopic (exact) mass is 433 g/mol. The molecule has 0 aliphatic heterocycles. The van der Waals surface area contributed by atoms with E-state index in [1.165, 1.54) is 12.1 Å². The number of rotatable bonds is 5. The first-order chi connectivity index (χ1) is 10.5. The number of hydrogen-bond acceptors (Lipinski definition) is 2. The lowest BCUT2D eigenvalue weighted by Crippen LogP contribution is -2.22. The van der Waals surface area contributed by atoms with Crippen molar-refractivity contribution in [2.75, 3.05) is 5.32 Å². The number of nitrogens with zero attached hydrogens (tertiary/aromatic N) is 1. The van der Waals surface area contributed by atoms with Gasteiger partial charge < -0.3 is 15.8 Å². The number of halogens is 3. The van der Waals surface area contributed by atoms with Crippen LogP contribution in [0, 0.1) is 6.92 Å². The van der Waals surface area contributed by atoms with Crippen molar-refractivity contribution in [1.82, 2.24) is 0 Å². The van der Waals surface area contributed by atoms with Gasteiger partial charge in [0.25, 0.3) is 0 Å². The van der Waals surface area contributed by atoms with E-state index < -0.39 is 6.61 Å². The highest BCUT2D eigenvalue weighted by atomic mass is 127. The summed E-state index contributed by atoms with van der Waals surface area (Å²) in [6, 6.07) is 14.1. The van der Waals surface area contributed by atoms with Crippen LogP contribution >= 0.6 is 24.0 Å². The average Bonchev–Trinajstić information content (AvgIpc) is 2.45. The maximum atomic E-state index is 12.2. The van der Waals surface area contributed by atoms with Crippen molar-refractivity contribution in [3.63, 3.8) is 0 Å². The average molecular weight is 433 g/mol. The fourth-order valence-electron chi connectivity index (χ4n) is 1.91. The summed E-state index contributed by atoms with van der Waals surface area (Å²) in [7, 11) is 0. The maximum absolute atomic E-state index is 12.2. The first kappa shape index (κ1) is 19.1. The number of ether oxygens (including phenoxy) is 1. The van der Waals surface area contributed by atoms with Gasteiger partial charge >= 0.3 is 6.61 Å². The van der Waals surface area contributed by atoms with E-state index in [1.807, 2.05) is 31.2 Å². The van der Waals surface area contributed by atoms with E-state index in [2.05, 4.69) is 15.0 Å². The van der Waals surface area contributed by atoms with Crippen LogP contribution in [0.25, 0.3) is 0 Å². The molecule has 0 atom stereocenters. The van der Waals surface area contributed by atoms with E-state index in [4.69, 9.17) is 5.73 Å². The summed E-state index contributed by atoms with van der Waals surface area (Å²) in [6.07, 6.45) is 0. The van der Waals surface area contributed by atoms with Gasteiger partial charge in [-0.2, -0.15) is 8.78 Å². The summed E-state index contributed by atoms with van der Waals surface area (Å²) < 4.78 is 28.7. The van der Waals surface area contributed by atoms with Crippen LogP contribution in [0.3, 0.4) is 0 Å². The first-order valence-corrected chi connectivity index (χ1v) is 6.70. The Hall–Kier alpha value is -1.90. The van der Waals surface area contributed by atoms with Gasteiger partial charge in [-0.1, -0.05) is 24.3 Å². The summed E-state index contributed by atoms with van der Waals surface area (Å²) in [5.74, 6) is 0.360. The highest BCUT2D eigenvalue weighted by Gasteiger charge is 2.04. The van der Waals surface area contributed by atoms with Gasteiger partial charge in [0.15, 0.2) is 5.96 Å². The Labute approximate surface area is 150 Å². The number of aryl methyl sites for hydroxylation is 1. The molecule has 0 spiro atoms. The van der Waals surface area contributed by atoms with Gasteiger partial charge in [-0.25, -0.2) is 4.99 Å². The lowest BCUT2D eigenvalue weighted by molar-refractivity contribution is -0.0498. The Balaban J connectivity index is 0.00000264. The van der Waals surface area contributed by atoms with Crippen molar-refractivity contribution in [2.24, 2.45) is 10.7 Å². The first-order valence-electron chi connectivity index (χ1n) is 6.70. The molecule has 0 bridgehead atoms. The van der Waals surface area contributed by atoms with Crippen molar-refractivity contribution in [3.05, 3.63) is 59.7 Å². The Bertz CT molecular complexity index is 665. The molecular weight excluding hydrogens is 415 g/mol. The molecule has 0 aliphatic carbocycles. The number of nitrogens with one attached hydrogen (secondary N) is 1. The van der Waals surface area contributed by atoms with Crippen LogP contribution in [0.2, 0.25) is 0 Å². The van der Waals surface area contributed by atoms with Gasteiger partial charge in [0, 0.05) is 5.69 Å². The predicted octanol–water partition coefficient (Wildman–Crippen LogP) is 4.14. The zero-order chi connectivity index (χ0) is 15.9. The molecule has 0 aliphatic rings. The molecule has 7 heteroatoms. The van der Waals surface area contributed by atoms with Crippen LogP contribution in [0.4, 0.5) is 14.5 Å². The molecule has 3 N–H and O–H groups in total. The minimum absolute atomic E-state index is 0. The van der Waals surface area contributed by atoms with Crippen molar-refractivity contribution < 1.29 is 13.5 Å². The Morgan fingerprint density at radius 2 is 1.96 bits per heavy atom. The molecule has 2 aromatic carbocycles. The molecule has 0 amide bonds. The number of alkyl halides is 2. The standard InChI is InChI=1S/C16H17F2N3O.HI/c1-11-4-2-6-13(8-11)21-16(19)20-10-12-5-3-7-14(9-12)22-15(17)18;/h2-9,15H,10H2,1H3,(H3,19,20,21);1H. The topological polar surface area (TPSA) is 59.6 Å². The second-order valence-corrected chi connectivity index (χ2v) is 4.72. The molecule has 0 saturated heterocycles. The third-order valence-corrected chi connectivity index (χ3v) is 2.85. The number of benzene rings is 2. The van der Waals surface area contributed by atoms with Crippen molar-refractivity contribution in [1.29, 1.82) is 0 Å². The van der Waals surface area contributed by atoms with Gasteiger partial charge in [0.2, 0.25) is 0 Å². The van der Waals surface area contributed by atoms with Crippen LogP contribution in [0.1, 0.15) is 11.1 Å². The number of hydrogen-bond donors (Lipinski definition) is 2. The van der Waals surface area contributed by atoms with E-state index in [9.17, 15) is 8.78 Å². The number of anilines is 1. The Morgan fingerprint density at radius 1 is 1.22 bits per heavy atom. The molecule has 4 nitrogen and oxygen atoms in total. The summed E-state index contributed by atoms with van der Waals surface area (Å²) in [5.41, 5.74) is 8.49. The van der Waals surface area contributed by atoms with Crippen LogP contribution in [0.15, 0.2) is 53.5 Å². The summed E-state index contributed by atoms with van der Waals surface area (Å²) >= 11 is 0. The Kier molecular flexibility index (Phi) is 7.73. The smallest absolute Gasteiger partial charge is 0.387 e. The molecule has 2 rings (SSSR count). The third kappa shape index (κ3) is 6.81. The lowest BCUT2D eigenvalue weighted by atomic mass is 10.2. The van der Waals surface area contributed by atoms with Gasteiger partial charge in [0.05, 0.1) is 6.54 Å². The van der Waals surface area contributed by atoms with Gasteiger partial charge in [0.1, 0.15) is 5.75 Å². The van der Waals surface area contributed by atoms with Crippen molar-refractivity contribution in [2.45, 2.75) is 20.1 Å². The maximum Gasteiger partial charge on any atom is 0.387 e. The summed E-state index contributed by atoms with van der Waals surface area (Å²) in [5, 5.41) is 2.98. The normalized spacial score (nSPS) is 11.0. The molecule has 0 saturated carbocycles. The van der Waals surface area contributed by atoms with Crippen molar-refractivity contribution in [3.8, 4) is 5.75 Å². The number of aliphatic imine (C=N–C) groups is 1. The van der Waals surface area contributed by atoms with Crippen LogP contribution < -0.4 is 15.8 Å². The predicted molar refractivity (Wildman–Crippen MR) is 98.6 cm³/mol. The minimum atomic E-state index is -2.84. The molecule has 0 unspecified atom stereocenters. The van der Waals surface area contributed by atoms with E-state index >= 15 is 0 Å². The van der Waals surface area contributed by atoms with Gasteiger partial charge in [-0.05, 0) is 42.3 Å². The highest BCUT2D eigenvalue weighted by molar-refractivity contribution is 14.0. The number of guanidine groups is 1. The largest absolute Gasteiger partial charge is 0.435 e. The SMILES string of the molecule is Cc1cccc(NC(N)=NCc2cccc(OC(F)F)c2)c1.I. The van der Waals surface area contributed by atoms with Gasteiger partial charge in [-0.15, -0.1) is 24.0 Å². The lowest BCUT2D eigenvalue weighted by Gasteiger charge is -2.07. The highest BCUT2D eigenvalue weighted by Crippen LogP contribution is 2.16. The fourth-order valence-corrected chi connectivity index (χ4v) is 1.91. The second kappa shape index (κ2) is 9.29. The Morgan fingerprint density at radius 3 is 2.65 bits per heavy atom. The molecule has 0 heterocycles. The fraction of sp³-hybridized carbons (Fsp3) is 0.188. The zero-order valence-electron chi connectivity index (χ0n) is 12.5. The van der Waals surface area contributed by atoms with Crippen LogP contribution in [0.5, 0.6) is 5.75 Å². The van der Waals surface area contributed by atoms with Crippen molar-refractivity contribution >= 4 is 35.6 Å². The third-order valence-electron chi connectivity index (χ3n) is 2.85. The molecule has 2 aromatic rings.